The molecule has 8 nitrogen and oxygen atoms in total. The number of anilines is 1. The zero-order valence-electron chi connectivity index (χ0n) is 16.2. The van der Waals surface area contributed by atoms with Crippen molar-refractivity contribution < 1.29 is 24.0 Å². The summed E-state index contributed by atoms with van der Waals surface area (Å²) in [5.41, 5.74) is 1.64. The Hall–Kier alpha value is -2.71. The molecule has 1 aromatic heterocycles. The summed E-state index contributed by atoms with van der Waals surface area (Å²) in [5, 5.41) is 16.3. The van der Waals surface area contributed by atoms with Crippen LogP contribution in [-0.4, -0.2) is 52.8 Å². The van der Waals surface area contributed by atoms with Gasteiger partial charge < -0.3 is 24.6 Å². The summed E-state index contributed by atoms with van der Waals surface area (Å²) in [4.78, 5) is 26.1. The number of amides is 2. The number of hydrogen-bond donors (Lipinski definition) is 2. The highest BCUT2D eigenvalue weighted by molar-refractivity contribution is 6.02. The van der Waals surface area contributed by atoms with Crippen LogP contribution in [0.2, 0.25) is 0 Å². The predicted molar refractivity (Wildman–Crippen MR) is 102 cm³/mol. The van der Waals surface area contributed by atoms with Crippen molar-refractivity contribution in [3.8, 4) is 0 Å². The molecule has 0 saturated carbocycles. The summed E-state index contributed by atoms with van der Waals surface area (Å²) in [6, 6.07) is 8.26. The monoisotopic (exact) mass is 387 g/mol. The molecule has 1 aliphatic rings. The lowest BCUT2D eigenvalue weighted by Gasteiger charge is -2.41. The van der Waals surface area contributed by atoms with Gasteiger partial charge in [0.1, 0.15) is 18.5 Å². The first-order valence-electron chi connectivity index (χ1n) is 9.25. The highest BCUT2D eigenvalue weighted by Gasteiger charge is 2.37. The molecule has 2 amide bonds. The summed E-state index contributed by atoms with van der Waals surface area (Å²) in [7, 11) is 0. The van der Waals surface area contributed by atoms with Crippen LogP contribution in [0.1, 0.15) is 41.8 Å². The third-order valence-electron chi connectivity index (χ3n) is 4.56. The number of nitrogens with zero attached hydrogens (tertiary/aromatic N) is 2. The van der Waals surface area contributed by atoms with E-state index in [-0.39, 0.29) is 36.6 Å². The number of aromatic nitrogens is 1. The highest BCUT2D eigenvalue weighted by atomic mass is 16.5. The maximum atomic E-state index is 12.2. The predicted octanol–water partition coefficient (Wildman–Crippen LogP) is 2.15. The number of benzene rings is 1. The van der Waals surface area contributed by atoms with E-state index in [0.29, 0.717) is 18.0 Å². The second kappa shape index (κ2) is 8.53. The quantitative estimate of drug-likeness (QED) is 0.787. The van der Waals surface area contributed by atoms with Crippen LogP contribution in [0, 0.1) is 12.8 Å². The van der Waals surface area contributed by atoms with Gasteiger partial charge in [0.2, 0.25) is 5.91 Å². The van der Waals surface area contributed by atoms with E-state index in [1.807, 2.05) is 26.0 Å². The topological polar surface area (TPSA) is 105 Å². The van der Waals surface area contributed by atoms with Crippen molar-refractivity contribution in [2.45, 2.75) is 32.9 Å². The van der Waals surface area contributed by atoms with Crippen molar-refractivity contribution in [2.24, 2.45) is 5.92 Å². The molecule has 0 radical (unpaired) electrons. The molecule has 28 heavy (non-hydrogen) atoms. The largest absolute Gasteiger partial charge is 0.394 e. The SMILES string of the molecule is Cc1cc(C(=O)Nc2ccc(C3OCC(=O)N(CC(C)C)C3CO)cc2)no1. The number of aliphatic hydroxyl groups excluding tert-OH is 1. The lowest BCUT2D eigenvalue weighted by molar-refractivity contribution is -0.161. The van der Waals surface area contributed by atoms with Crippen molar-refractivity contribution in [1.29, 1.82) is 0 Å². The third kappa shape index (κ3) is 4.40. The fourth-order valence-corrected chi connectivity index (χ4v) is 3.27. The Bertz CT molecular complexity index is 831. The molecule has 150 valence electrons. The Balaban J connectivity index is 1.72. The Morgan fingerprint density at radius 1 is 1.36 bits per heavy atom. The van der Waals surface area contributed by atoms with Crippen LogP contribution in [0.25, 0.3) is 0 Å². The third-order valence-corrected chi connectivity index (χ3v) is 4.56. The van der Waals surface area contributed by atoms with Gasteiger partial charge in [0, 0.05) is 18.3 Å². The normalized spacial score (nSPS) is 19.9. The van der Waals surface area contributed by atoms with Gasteiger partial charge in [-0.05, 0) is 30.5 Å². The van der Waals surface area contributed by atoms with E-state index in [9.17, 15) is 14.7 Å². The van der Waals surface area contributed by atoms with Crippen molar-refractivity contribution in [3.05, 3.63) is 47.3 Å². The fourth-order valence-electron chi connectivity index (χ4n) is 3.27. The number of carbonyl (C=O) groups excluding carboxylic acids is 2. The van der Waals surface area contributed by atoms with E-state index in [1.165, 1.54) is 0 Å². The van der Waals surface area contributed by atoms with Crippen molar-refractivity contribution in [2.75, 3.05) is 25.1 Å². The minimum Gasteiger partial charge on any atom is -0.394 e. The second-order valence-corrected chi connectivity index (χ2v) is 7.32. The summed E-state index contributed by atoms with van der Waals surface area (Å²) < 4.78 is 10.6. The van der Waals surface area contributed by atoms with Gasteiger partial charge in [-0.15, -0.1) is 0 Å². The smallest absolute Gasteiger partial charge is 0.277 e. The van der Waals surface area contributed by atoms with Gasteiger partial charge in [0.05, 0.1) is 12.6 Å². The highest BCUT2D eigenvalue weighted by Crippen LogP contribution is 2.30. The molecule has 8 heteroatoms. The standard InChI is InChI=1S/C20H25N3O5/c1-12(2)9-23-17(10-24)19(27-11-18(23)25)14-4-6-15(7-5-14)21-20(26)16-8-13(3)28-22-16/h4-8,12,17,19,24H,9-11H2,1-3H3,(H,21,26). The molecule has 1 saturated heterocycles. The van der Waals surface area contributed by atoms with Gasteiger partial charge >= 0.3 is 0 Å². The van der Waals surface area contributed by atoms with Crippen LogP contribution < -0.4 is 5.32 Å². The zero-order valence-corrected chi connectivity index (χ0v) is 16.2. The Morgan fingerprint density at radius 3 is 2.64 bits per heavy atom. The van der Waals surface area contributed by atoms with Crippen LogP contribution in [-0.2, 0) is 9.53 Å². The molecule has 1 aliphatic heterocycles. The average molecular weight is 387 g/mol. The van der Waals surface area contributed by atoms with Gasteiger partial charge in [-0.1, -0.05) is 31.1 Å². The summed E-state index contributed by atoms with van der Waals surface area (Å²) >= 11 is 0. The molecule has 2 unspecified atom stereocenters. The number of morpholine rings is 1. The molecular formula is C20H25N3O5. The second-order valence-electron chi connectivity index (χ2n) is 7.32. The summed E-state index contributed by atoms with van der Waals surface area (Å²) in [6.45, 7) is 6.13. The Kier molecular flexibility index (Phi) is 6.11. The Labute approximate surface area is 163 Å². The van der Waals surface area contributed by atoms with Crippen LogP contribution >= 0.6 is 0 Å². The van der Waals surface area contributed by atoms with E-state index in [0.717, 1.165) is 5.56 Å². The number of aliphatic hydroxyl groups is 1. The van der Waals surface area contributed by atoms with Gasteiger partial charge in [0.15, 0.2) is 5.69 Å². The minimum atomic E-state index is -0.442. The molecule has 0 spiro atoms. The zero-order chi connectivity index (χ0) is 20.3. The number of hydrogen-bond acceptors (Lipinski definition) is 6. The van der Waals surface area contributed by atoms with E-state index in [1.54, 1.807) is 30.0 Å². The van der Waals surface area contributed by atoms with Crippen molar-refractivity contribution in [3.63, 3.8) is 0 Å². The maximum Gasteiger partial charge on any atom is 0.277 e. The van der Waals surface area contributed by atoms with E-state index in [4.69, 9.17) is 9.26 Å². The molecule has 2 N–H and O–H groups in total. The first-order valence-corrected chi connectivity index (χ1v) is 9.25. The van der Waals surface area contributed by atoms with Crippen LogP contribution in [0.15, 0.2) is 34.9 Å². The Morgan fingerprint density at radius 2 is 2.07 bits per heavy atom. The first-order chi connectivity index (χ1) is 13.4. The number of nitrogens with one attached hydrogen (secondary N) is 1. The molecule has 2 atom stereocenters. The summed E-state index contributed by atoms with van der Waals surface area (Å²) in [5.74, 6) is 0.372. The van der Waals surface area contributed by atoms with Crippen LogP contribution in [0.3, 0.4) is 0 Å². The van der Waals surface area contributed by atoms with E-state index < -0.39 is 12.1 Å². The molecule has 0 bridgehead atoms. The van der Waals surface area contributed by atoms with Gasteiger partial charge in [-0.25, -0.2) is 0 Å². The molecular weight excluding hydrogens is 362 g/mol. The fraction of sp³-hybridized carbons (Fsp3) is 0.450. The summed E-state index contributed by atoms with van der Waals surface area (Å²) in [6.07, 6.45) is -0.426. The van der Waals surface area contributed by atoms with Gasteiger partial charge in [-0.2, -0.15) is 0 Å². The number of rotatable bonds is 6. The molecule has 3 rings (SSSR count). The van der Waals surface area contributed by atoms with E-state index in [2.05, 4.69) is 10.5 Å². The lowest BCUT2D eigenvalue weighted by atomic mass is 9.98. The number of aryl methyl sites for hydroxylation is 1. The van der Waals surface area contributed by atoms with Crippen LogP contribution in [0.5, 0.6) is 0 Å². The van der Waals surface area contributed by atoms with Gasteiger partial charge in [0.25, 0.3) is 5.91 Å². The van der Waals surface area contributed by atoms with Crippen molar-refractivity contribution >= 4 is 17.5 Å². The molecule has 2 heterocycles. The first kappa shape index (κ1) is 20.0. The average Bonchev–Trinajstić information content (AvgIpc) is 3.10. The maximum absolute atomic E-state index is 12.2. The lowest BCUT2D eigenvalue weighted by Crippen LogP contribution is -2.53. The van der Waals surface area contributed by atoms with Gasteiger partial charge in [-0.3, -0.25) is 9.59 Å². The number of ether oxygens (including phenoxy) is 1. The molecule has 1 fully saturated rings. The van der Waals surface area contributed by atoms with Crippen molar-refractivity contribution in [1.82, 2.24) is 10.1 Å². The van der Waals surface area contributed by atoms with Crippen LogP contribution in [0.4, 0.5) is 5.69 Å². The molecule has 1 aromatic carbocycles. The number of carbonyl (C=O) groups is 2. The van der Waals surface area contributed by atoms with E-state index >= 15 is 0 Å². The minimum absolute atomic E-state index is 0.0160. The molecule has 2 aromatic rings. The molecule has 0 aliphatic carbocycles.